The summed E-state index contributed by atoms with van der Waals surface area (Å²) in [6, 6.07) is 3.97. The number of nitrogens with one attached hydrogen (secondary N) is 1. The normalized spacial score (nSPS) is 18.0. The van der Waals surface area contributed by atoms with Gasteiger partial charge < -0.3 is 10.1 Å². The highest BCUT2D eigenvalue weighted by molar-refractivity contribution is 5.79. The zero-order chi connectivity index (χ0) is 13.7. The third kappa shape index (κ3) is 3.53. The largest absolute Gasteiger partial charge is 0.381 e. The van der Waals surface area contributed by atoms with E-state index in [0.29, 0.717) is 13.2 Å². The first-order valence-electron chi connectivity index (χ1n) is 7.02. The van der Waals surface area contributed by atoms with E-state index < -0.39 is 0 Å². The molecule has 1 amide bonds. The minimum absolute atomic E-state index is 0.0107. The topological polar surface area (TPSA) is 51.2 Å². The van der Waals surface area contributed by atoms with Gasteiger partial charge in [-0.25, -0.2) is 0 Å². The number of hydrogen-bond donors (Lipinski definition) is 1. The lowest BCUT2D eigenvalue weighted by molar-refractivity contribution is -0.128. The van der Waals surface area contributed by atoms with Crippen molar-refractivity contribution < 1.29 is 9.53 Å². The molecule has 0 spiro atoms. The van der Waals surface area contributed by atoms with E-state index in [1.807, 2.05) is 19.1 Å². The summed E-state index contributed by atoms with van der Waals surface area (Å²) in [6.07, 6.45) is 4.28. The maximum atomic E-state index is 12.3. The summed E-state index contributed by atoms with van der Waals surface area (Å²) in [7, 11) is 0. The molecule has 104 valence electrons. The molecule has 1 N–H and O–H groups in total. The van der Waals surface area contributed by atoms with E-state index in [1.165, 1.54) is 0 Å². The quantitative estimate of drug-likeness (QED) is 0.906. The van der Waals surface area contributed by atoms with E-state index in [0.717, 1.165) is 30.5 Å². The molecule has 1 aliphatic rings. The van der Waals surface area contributed by atoms with E-state index in [4.69, 9.17) is 4.74 Å². The standard InChI is InChI=1S/C15H22N2O2/c1-3-13(14-11(2)5-4-8-16-14)17-15(18)12-6-9-19-10-7-12/h4-5,8,12-13H,3,6-7,9-10H2,1-2H3,(H,17,18)/t13-/m0/s1. The molecule has 0 saturated carbocycles. The van der Waals surface area contributed by atoms with Crippen LogP contribution in [0.1, 0.15) is 43.5 Å². The number of amides is 1. The van der Waals surface area contributed by atoms with Crippen molar-refractivity contribution in [2.75, 3.05) is 13.2 Å². The fourth-order valence-corrected chi connectivity index (χ4v) is 2.48. The fourth-order valence-electron chi connectivity index (χ4n) is 2.48. The number of aromatic nitrogens is 1. The second kappa shape index (κ2) is 6.66. The predicted octanol–water partition coefficient (Wildman–Crippen LogP) is 2.38. The van der Waals surface area contributed by atoms with Crippen molar-refractivity contribution in [3.05, 3.63) is 29.6 Å². The molecule has 4 heteroatoms. The Balaban J connectivity index is 2.02. The first kappa shape index (κ1) is 14.0. The van der Waals surface area contributed by atoms with Gasteiger partial charge in [0.25, 0.3) is 0 Å². The van der Waals surface area contributed by atoms with Crippen LogP contribution in [0.15, 0.2) is 18.3 Å². The lowest BCUT2D eigenvalue weighted by Crippen LogP contribution is -2.37. The van der Waals surface area contributed by atoms with Crippen molar-refractivity contribution in [1.82, 2.24) is 10.3 Å². The van der Waals surface area contributed by atoms with Crippen LogP contribution in [0.25, 0.3) is 0 Å². The smallest absolute Gasteiger partial charge is 0.223 e. The maximum absolute atomic E-state index is 12.3. The van der Waals surface area contributed by atoms with Crippen molar-refractivity contribution >= 4 is 5.91 Å². The van der Waals surface area contributed by atoms with Crippen molar-refractivity contribution in [2.45, 2.75) is 39.2 Å². The van der Waals surface area contributed by atoms with Gasteiger partial charge >= 0.3 is 0 Å². The van der Waals surface area contributed by atoms with Crippen LogP contribution in [-0.2, 0) is 9.53 Å². The molecule has 0 aliphatic carbocycles. The summed E-state index contributed by atoms with van der Waals surface area (Å²) in [5.74, 6) is 0.229. The van der Waals surface area contributed by atoms with Crippen molar-refractivity contribution in [2.24, 2.45) is 5.92 Å². The highest BCUT2D eigenvalue weighted by Crippen LogP contribution is 2.21. The van der Waals surface area contributed by atoms with E-state index in [9.17, 15) is 4.79 Å². The molecule has 2 heterocycles. The van der Waals surface area contributed by atoms with Crippen LogP contribution in [-0.4, -0.2) is 24.1 Å². The number of pyridine rings is 1. The average Bonchev–Trinajstić information content (AvgIpc) is 2.46. The molecule has 0 bridgehead atoms. The Morgan fingerprint density at radius 1 is 1.53 bits per heavy atom. The third-order valence-electron chi connectivity index (χ3n) is 3.70. The van der Waals surface area contributed by atoms with E-state index in [-0.39, 0.29) is 17.9 Å². The molecule has 0 radical (unpaired) electrons. The summed E-state index contributed by atoms with van der Waals surface area (Å²) in [5.41, 5.74) is 2.10. The van der Waals surface area contributed by atoms with Crippen LogP contribution in [0.2, 0.25) is 0 Å². The van der Waals surface area contributed by atoms with Gasteiger partial charge in [0.1, 0.15) is 0 Å². The van der Waals surface area contributed by atoms with Gasteiger partial charge in [-0.1, -0.05) is 13.0 Å². The summed E-state index contributed by atoms with van der Waals surface area (Å²) in [4.78, 5) is 16.7. The van der Waals surface area contributed by atoms with Crippen LogP contribution >= 0.6 is 0 Å². The first-order valence-corrected chi connectivity index (χ1v) is 7.02. The summed E-state index contributed by atoms with van der Waals surface area (Å²) >= 11 is 0. The highest BCUT2D eigenvalue weighted by atomic mass is 16.5. The number of carbonyl (C=O) groups is 1. The molecular formula is C15H22N2O2. The zero-order valence-electron chi connectivity index (χ0n) is 11.7. The van der Waals surface area contributed by atoms with Gasteiger partial charge in [-0.15, -0.1) is 0 Å². The average molecular weight is 262 g/mol. The number of nitrogens with zero attached hydrogens (tertiary/aromatic N) is 1. The monoisotopic (exact) mass is 262 g/mol. The molecular weight excluding hydrogens is 240 g/mol. The van der Waals surface area contributed by atoms with Gasteiger partial charge in [0.2, 0.25) is 5.91 Å². The zero-order valence-corrected chi connectivity index (χ0v) is 11.7. The number of carbonyl (C=O) groups excluding carboxylic acids is 1. The number of ether oxygens (including phenoxy) is 1. The Hall–Kier alpha value is -1.42. The second-order valence-electron chi connectivity index (χ2n) is 5.06. The fraction of sp³-hybridized carbons (Fsp3) is 0.600. The van der Waals surface area contributed by atoms with Crippen molar-refractivity contribution in [3.8, 4) is 0 Å². The number of rotatable bonds is 4. The highest BCUT2D eigenvalue weighted by Gasteiger charge is 2.24. The molecule has 1 fully saturated rings. The number of aryl methyl sites for hydroxylation is 1. The summed E-state index contributed by atoms with van der Waals surface area (Å²) in [5, 5.41) is 3.14. The Labute approximate surface area is 114 Å². The van der Waals surface area contributed by atoms with Gasteiger partial charge in [-0.2, -0.15) is 0 Å². The Morgan fingerprint density at radius 2 is 2.26 bits per heavy atom. The molecule has 1 aromatic heterocycles. The molecule has 0 unspecified atom stereocenters. The van der Waals surface area contributed by atoms with Gasteiger partial charge in [-0.3, -0.25) is 9.78 Å². The maximum Gasteiger partial charge on any atom is 0.223 e. The number of hydrogen-bond acceptors (Lipinski definition) is 3. The molecule has 0 aromatic carbocycles. The lowest BCUT2D eigenvalue weighted by atomic mass is 9.98. The van der Waals surface area contributed by atoms with Crippen LogP contribution in [0.3, 0.4) is 0 Å². The Bertz CT molecular complexity index is 428. The minimum Gasteiger partial charge on any atom is -0.381 e. The minimum atomic E-state index is 0.0107. The van der Waals surface area contributed by atoms with Crippen LogP contribution in [0.4, 0.5) is 0 Å². The lowest BCUT2D eigenvalue weighted by Gasteiger charge is -2.25. The van der Waals surface area contributed by atoms with Gasteiger partial charge in [0, 0.05) is 25.3 Å². The third-order valence-corrected chi connectivity index (χ3v) is 3.70. The molecule has 4 nitrogen and oxygen atoms in total. The molecule has 19 heavy (non-hydrogen) atoms. The molecule has 1 atom stereocenters. The van der Waals surface area contributed by atoms with Crippen LogP contribution in [0.5, 0.6) is 0 Å². The van der Waals surface area contributed by atoms with Gasteiger partial charge in [-0.05, 0) is 37.8 Å². The van der Waals surface area contributed by atoms with E-state index in [2.05, 4.69) is 17.2 Å². The van der Waals surface area contributed by atoms with Crippen molar-refractivity contribution in [3.63, 3.8) is 0 Å². The predicted molar refractivity (Wildman–Crippen MR) is 73.7 cm³/mol. The van der Waals surface area contributed by atoms with Gasteiger partial charge in [0.15, 0.2) is 0 Å². The van der Waals surface area contributed by atoms with Crippen molar-refractivity contribution in [1.29, 1.82) is 0 Å². The Kier molecular flexibility index (Phi) is 4.91. The Morgan fingerprint density at radius 3 is 2.89 bits per heavy atom. The van der Waals surface area contributed by atoms with E-state index in [1.54, 1.807) is 6.20 Å². The molecule has 1 saturated heterocycles. The molecule has 1 aromatic rings. The molecule has 1 aliphatic heterocycles. The summed E-state index contributed by atoms with van der Waals surface area (Å²) in [6.45, 7) is 5.49. The first-order chi connectivity index (χ1) is 9.22. The summed E-state index contributed by atoms with van der Waals surface area (Å²) < 4.78 is 5.29. The van der Waals surface area contributed by atoms with Crippen LogP contribution in [0, 0.1) is 12.8 Å². The van der Waals surface area contributed by atoms with E-state index >= 15 is 0 Å². The van der Waals surface area contributed by atoms with Crippen LogP contribution < -0.4 is 5.32 Å². The molecule has 2 rings (SSSR count). The van der Waals surface area contributed by atoms with Gasteiger partial charge in [0.05, 0.1) is 11.7 Å². The second-order valence-corrected chi connectivity index (χ2v) is 5.06. The SMILES string of the molecule is CC[C@H](NC(=O)C1CCOCC1)c1ncccc1C.